The third-order valence-corrected chi connectivity index (χ3v) is 2.65. The van der Waals surface area contributed by atoms with Gasteiger partial charge in [-0.3, -0.25) is 0 Å². The molecule has 0 aliphatic carbocycles. The first-order chi connectivity index (χ1) is 6.20. The monoisotopic (exact) mass is 244 g/mol. The number of rotatable bonds is 6. The highest BCUT2D eigenvalue weighted by Gasteiger charge is 1.89. The maximum absolute atomic E-state index is 3.42. The van der Waals surface area contributed by atoms with Gasteiger partial charge in [-0.25, -0.2) is 0 Å². The van der Waals surface area contributed by atoms with Gasteiger partial charge in [-0.05, 0) is 39.5 Å². The SMILES string of the molecule is CCC(C)=CCCC(C)=CCCBr. The lowest BCUT2D eigenvalue weighted by Crippen LogP contribution is -1.79. The van der Waals surface area contributed by atoms with E-state index in [1.54, 1.807) is 0 Å². The van der Waals surface area contributed by atoms with Gasteiger partial charge in [0.1, 0.15) is 0 Å². The average molecular weight is 245 g/mol. The van der Waals surface area contributed by atoms with E-state index >= 15 is 0 Å². The Hall–Kier alpha value is -0.0400. The molecule has 0 radical (unpaired) electrons. The molecule has 0 bridgehead atoms. The molecule has 0 aliphatic heterocycles. The Morgan fingerprint density at radius 3 is 2.23 bits per heavy atom. The molecular formula is C12H21Br. The lowest BCUT2D eigenvalue weighted by atomic mass is 10.1. The van der Waals surface area contributed by atoms with Crippen LogP contribution in [0.3, 0.4) is 0 Å². The fraction of sp³-hybridized carbons (Fsp3) is 0.667. The molecule has 0 aromatic rings. The van der Waals surface area contributed by atoms with Gasteiger partial charge in [0.25, 0.3) is 0 Å². The van der Waals surface area contributed by atoms with Crippen LogP contribution in [-0.2, 0) is 0 Å². The molecule has 0 atom stereocenters. The predicted molar refractivity (Wildman–Crippen MR) is 65.5 cm³/mol. The van der Waals surface area contributed by atoms with Gasteiger partial charge in [0.2, 0.25) is 0 Å². The molecule has 0 unspecified atom stereocenters. The molecule has 0 spiro atoms. The molecule has 1 heteroatoms. The maximum atomic E-state index is 3.42. The van der Waals surface area contributed by atoms with Crippen LogP contribution in [0.2, 0.25) is 0 Å². The van der Waals surface area contributed by atoms with Gasteiger partial charge in [0, 0.05) is 5.33 Å². The van der Waals surface area contributed by atoms with E-state index in [0.717, 1.165) is 11.8 Å². The summed E-state index contributed by atoms with van der Waals surface area (Å²) in [5.41, 5.74) is 3.02. The minimum atomic E-state index is 1.08. The molecule has 76 valence electrons. The van der Waals surface area contributed by atoms with Gasteiger partial charge in [-0.2, -0.15) is 0 Å². The molecule has 0 N–H and O–H groups in total. The molecule has 0 saturated heterocycles. The van der Waals surface area contributed by atoms with E-state index in [1.165, 1.54) is 30.4 Å². The van der Waals surface area contributed by atoms with Crippen LogP contribution in [-0.4, -0.2) is 5.33 Å². The highest BCUT2D eigenvalue weighted by atomic mass is 79.9. The van der Waals surface area contributed by atoms with E-state index in [4.69, 9.17) is 0 Å². The molecule has 0 aliphatic rings. The zero-order valence-electron chi connectivity index (χ0n) is 9.07. The van der Waals surface area contributed by atoms with Gasteiger partial charge in [0.05, 0.1) is 0 Å². The number of allylic oxidation sites excluding steroid dienone is 4. The predicted octanol–water partition coefficient (Wildman–Crippen LogP) is 4.85. The Kier molecular flexibility index (Phi) is 8.53. The lowest BCUT2D eigenvalue weighted by Gasteiger charge is -1.99. The molecular weight excluding hydrogens is 224 g/mol. The van der Waals surface area contributed by atoms with Crippen LogP contribution in [0.15, 0.2) is 23.3 Å². The van der Waals surface area contributed by atoms with Crippen molar-refractivity contribution in [1.29, 1.82) is 0 Å². The summed E-state index contributed by atoms with van der Waals surface area (Å²) in [7, 11) is 0. The number of hydrogen-bond donors (Lipinski definition) is 0. The fourth-order valence-corrected chi connectivity index (χ4v) is 1.32. The van der Waals surface area contributed by atoms with Gasteiger partial charge in [0.15, 0.2) is 0 Å². The van der Waals surface area contributed by atoms with Gasteiger partial charge < -0.3 is 0 Å². The van der Waals surface area contributed by atoms with Crippen LogP contribution >= 0.6 is 15.9 Å². The Morgan fingerprint density at radius 2 is 1.69 bits per heavy atom. The van der Waals surface area contributed by atoms with Crippen LogP contribution < -0.4 is 0 Å². The highest BCUT2D eigenvalue weighted by molar-refractivity contribution is 9.09. The van der Waals surface area contributed by atoms with Crippen LogP contribution in [0.1, 0.15) is 46.5 Å². The molecule has 13 heavy (non-hydrogen) atoms. The summed E-state index contributed by atoms with van der Waals surface area (Å²) in [5.74, 6) is 0. The maximum Gasteiger partial charge on any atom is 0.00660 e. The summed E-state index contributed by atoms with van der Waals surface area (Å²) in [4.78, 5) is 0. The van der Waals surface area contributed by atoms with Crippen LogP contribution in [0.5, 0.6) is 0 Å². The van der Waals surface area contributed by atoms with Crippen molar-refractivity contribution in [3.05, 3.63) is 23.3 Å². The van der Waals surface area contributed by atoms with Crippen molar-refractivity contribution in [1.82, 2.24) is 0 Å². The zero-order chi connectivity index (χ0) is 10.1. The second-order valence-electron chi connectivity index (χ2n) is 3.47. The van der Waals surface area contributed by atoms with Crippen LogP contribution in [0.25, 0.3) is 0 Å². The van der Waals surface area contributed by atoms with E-state index in [0.29, 0.717) is 0 Å². The van der Waals surface area contributed by atoms with Crippen molar-refractivity contribution < 1.29 is 0 Å². The first-order valence-corrected chi connectivity index (χ1v) is 6.20. The Morgan fingerprint density at radius 1 is 1.08 bits per heavy atom. The molecule has 0 aromatic heterocycles. The van der Waals surface area contributed by atoms with Crippen molar-refractivity contribution in [2.75, 3.05) is 5.33 Å². The average Bonchev–Trinajstić information content (AvgIpc) is 2.14. The topological polar surface area (TPSA) is 0 Å². The first kappa shape index (κ1) is 13.0. The molecule has 0 rings (SSSR count). The standard InChI is InChI=1S/C12H21Br/c1-4-11(2)7-5-8-12(3)9-6-10-13/h7,9H,4-6,8,10H2,1-3H3. The van der Waals surface area contributed by atoms with E-state index < -0.39 is 0 Å². The van der Waals surface area contributed by atoms with Gasteiger partial charge in [-0.1, -0.05) is 46.2 Å². The smallest absolute Gasteiger partial charge is 0.00660 e. The summed E-state index contributed by atoms with van der Waals surface area (Å²) < 4.78 is 0. The molecule has 0 fully saturated rings. The molecule has 0 amide bonds. The largest absolute Gasteiger partial charge is 0.0925 e. The lowest BCUT2D eigenvalue weighted by molar-refractivity contribution is 0.940. The zero-order valence-corrected chi connectivity index (χ0v) is 10.7. The van der Waals surface area contributed by atoms with Crippen molar-refractivity contribution >= 4 is 15.9 Å². The van der Waals surface area contributed by atoms with Gasteiger partial charge >= 0.3 is 0 Å². The van der Waals surface area contributed by atoms with Gasteiger partial charge in [-0.15, -0.1) is 0 Å². The van der Waals surface area contributed by atoms with Crippen molar-refractivity contribution in [3.63, 3.8) is 0 Å². The van der Waals surface area contributed by atoms with E-state index in [1.807, 2.05) is 0 Å². The van der Waals surface area contributed by atoms with E-state index in [-0.39, 0.29) is 0 Å². The Balaban J connectivity index is 3.63. The highest BCUT2D eigenvalue weighted by Crippen LogP contribution is 2.09. The summed E-state index contributed by atoms with van der Waals surface area (Å²) in [6.07, 6.45) is 9.43. The van der Waals surface area contributed by atoms with E-state index in [2.05, 4.69) is 48.9 Å². The van der Waals surface area contributed by atoms with Crippen LogP contribution in [0.4, 0.5) is 0 Å². The molecule has 0 saturated carbocycles. The summed E-state index contributed by atoms with van der Waals surface area (Å²) in [6.45, 7) is 6.63. The third-order valence-electron chi connectivity index (χ3n) is 2.19. The Labute approximate surface area is 91.2 Å². The van der Waals surface area contributed by atoms with Crippen molar-refractivity contribution in [2.24, 2.45) is 0 Å². The van der Waals surface area contributed by atoms with E-state index in [9.17, 15) is 0 Å². The number of alkyl halides is 1. The quantitative estimate of drug-likeness (QED) is 0.463. The van der Waals surface area contributed by atoms with Crippen molar-refractivity contribution in [2.45, 2.75) is 46.5 Å². The minimum absolute atomic E-state index is 1.08. The summed E-state index contributed by atoms with van der Waals surface area (Å²) in [6, 6.07) is 0. The fourth-order valence-electron chi connectivity index (χ4n) is 1.09. The number of halogens is 1. The minimum Gasteiger partial charge on any atom is -0.0925 e. The third kappa shape index (κ3) is 8.29. The van der Waals surface area contributed by atoms with Crippen molar-refractivity contribution in [3.8, 4) is 0 Å². The molecule has 0 nitrogen and oxygen atoms in total. The normalized spacial score (nSPS) is 13.5. The second-order valence-corrected chi connectivity index (χ2v) is 4.26. The second kappa shape index (κ2) is 8.55. The summed E-state index contributed by atoms with van der Waals surface area (Å²) in [5, 5.41) is 1.08. The summed E-state index contributed by atoms with van der Waals surface area (Å²) >= 11 is 3.42. The first-order valence-electron chi connectivity index (χ1n) is 5.08. The van der Waals surface area contributed by atoms with Crippen LogP contribution in [0, 0.1) is 0 Å². The number of hydrogen-bond acceptors (Lipinski definition) is 0. The molecule has 0 heterocycles. The molecule has 0 aromatic carbocycles. The Bertz CT molecular complexity index is 178.